The fourth-order valence-corrected chi connectivity index (χ4v) is 2.66. The summed E-state index contributed by atoms with van der Waals surface area (Å²) in [6.07, 6.45) is 1.52. The van der Waals surface area contributed by atoms with Crippen LogP contribution in [0.25, 0.3) is 10.9 Å². The van der Waals surface area contributed by atoms with Crippen LogP contribution in [0.5, 0.6) is 0 Å². The van der Waals surface area contributed by atoms with E-state index in [1.165, 1.54) is 6.20 Å². The third-order valence-electron chi connectivity index (χ3n) is 3.79. The maximum Gasteiger partial charge on any atom is 0.226 e. The molecular weight excluding hydrogens is 326 g/mol. The summed E-state index contributed by atoms with van der Waals surface area (Å²) in [5.74, 6) is -0.134. The topological polar surface area (TPSA) is 64.0 Å². The fraction of sp³-hybridized carbons (Fsp3) is 0.167. The highest BCUT2D eigenvalue weighted by atomic mass is 35.5. The minimum Gasteiger partial charge on any atom is -0.326 e. The van der Waals surface area contributed by atoms with Gasteiger partial charge in [-0.1, -0.05) is 29.8 Å². The lowest BCUT2D eigenvalue weighted by Crippen LogP contribution is -2.18. The molecule has 0 aliphatic heterocycles. The van der Waals surface area contributed by atoms with Gasteiger partial charge in [-0.15, -0.1) is 0 Å². The van der Waals surface area contributed by atoms with Gasteiger partial charge >= 0.3 is 0 Å². The van der Waals surface area contributed by atoms with E-state index in [9.17, 15) is 9.59 Å². The molecule has 0 saturated carbocycles. The molecule has 0 spiro atoms. The zero-order chi connectivity index (χ0) is 17.1. The molecule has 122 valence electrons. The summed E-state index contributed by atoms with van der Waals surface area (Å²) < 4.78 is 1.67. The quantitative estimate of drug-likeness (QED) is 0.791. The van der Waals surface area contributed by atoms with E-state index < -0.39 is 0 Å². The number of rotatable bonds is 4. The average molecular weight is 342 g/mol. The van der Waals surface area contributed by atoms with Gasteiger partial charge in [0.1, 0.15) is 0 Å². The number of aromatic nitrogens is 2. The normalized spacial score (nSPS) is 10.8. The molecule has 0 bridgehead atoms. The van der Waals surface area contributed by atoms with E-state index in [2.05, 4.69) is 10.4 Å². The summed E-state index contributed by atoms with van der Waals surface area (Å²) in [5, 5.41) is 8.14. The number of halogens is 1. The Balaban J connectivity index is 1.74. The van der Waals surface area contributed by atoms with Crippen molar-refractivity contribution in [3.63, 3.8) is 0 Å². The SMILES string of the molecule is Cc1ccc(Cl)cc1NC(=O)CCn1ncc(=O)c2ccccc21. The van der Waals surface area contributed by atoms with E-state index in [-0.39, 0.29) is 17.8 Å². The van der Waals surface area contributed by atoms with Crippen molar-refractivity contribution in [1.82, 2.24) is 9.78 Å². The van der Waals surface area contributed by atoms with Gasteiger partial charge in [-0.2, -0.15) is 5.10 Å². The molecule has 1 N–H and O–H groups in total. The van der Waals surface area contributed by atoms with Crippen molar-refractivity contribution in [1.29, 1.82) is 0 Å². The summed E-state index contributed by atoms with van der Waals surface area (Å²) in [7, 11) is 0. The van der Waals surface area contributed by atoms with E-state index in [1.54, 1.807) is 22.9 Å². The standard InChI is InChI=1S/C18H16ClN3O2/c1-12-6-7-13(19)10-15(12)21-18(24)8-9-22-16-5-3-2-4-14(16)17(23)11-20-22/h2-7,10-11H,8-9H2,1H3,(H,21,24). The van der Waals surface area contributed by atoms with Crippen LogP contribution >= 0.6 is 11.6 Å². The smallest absolute Gasteiger partial charge is 0.226 e. The summed E-state index contributed by atoms with van der Waals surface area (Å²) in [6.45, 7) is 2.29. The third kappa shape index (κ3) is 3.46. The Morgan fingerprint density at radius 1 is 1.25 bits per heavy atom. The summed E-state index contributed by atoms with van der Waals surface area (Å²) >= 11 is 5.96. The van der Waals surface area contributed by atoms with Gasteiger partial charge in [0.25, 0.3) is 0 Å². The van der Waals surface area contributed by atoms with Crippen molar-refractivity contribution in [2.24, 2.45) is 0 Å². The average Bonchev–Trinajstić information content (AvgIpc) is 2.58. The van der Waals surface area contributed by atoms with E-state index >= 15 is 0 Å². The van der Waals surface area contributed by atoms with Crippen LogP contribution in [0.4, 0.5) is 5.69 Å². The molecule has 1 heterocycles. The molecule has 1 aromatic heterocycles. The number of nitrogens with zero attached hydrogens (tertiary/aromatic N) is 2. The largest absolute Gasteiger partial charge is 0.326 e. The van der Waals surface area contributed by atoms with Crippen molar-refractivity contribution in [2.75, 3.05) is 5.32 Å². The molecule has 3 rings (SSSR count). The Labute approximate surface area is 143 Å². The zero-order valence-electron chi connectivity index (χ0n) is 13.1. The van der Waals surface area contributed by atoms with E-state index in [0.717, 1.165) is 11.1 Å². The molecule has 0 saturated heterocycles. The Morgan fingerprint density at radius 3 is 2.88 bits per heavy atom. The maximum atomic E-state index is 12.2. The molecule has 6 heteroatoms. The molecule has 0 atom stereocenters. The number of para-hydroxylation sites is 1. The van der Waals surface area contributed by atoms with Crippen LogP contribution in [0, 0.1) is 6.92 Å². The lowest BCUT2D eigenvalue weighted by Gasteiger charge is -2.11. The first-order valence-electron chi connectivity index (χ1n) is 7.55. The highest BCUT2D eigenvalue weighted by Crippen LogP contribution is 2.20. The molecular formula is C18H16ClN3O2. The van der Waals surface area contributed by atoms with Gasteiger partial charge in [0.05, 0.1) is 18.3 Å². The predicted octanol–water partition coefficient (Wildman–Crippen LogP) is 3.39. The molecule has 0 radical (unpaired) electrons. The van der Waals surface area contributed by atoms with Gasteiger partial charge in [-0.3, -0.25) is 14.3 Å². The predicted molar refractivity (Wildman–Crippen MR) is 95.4 cm³/mol. The lowest BCUT2D eigenvalue weighted by atomic mass is 10.2. The van der Waals surface area contributed by atoms with Crippen LogP contribution in [-0.4, -0.2) is 15.7 Å². The number of aryl methyl sites for hydroxylation is 2. The molecule has 0 fully saturated rings. The number of benzene rings is 2. The summed E-state index contributed by atoms with van der Waals surface area (Å²) in [6, 6.07) is 12.6. The first kappa shape index (κ1) is 16.2. The molecule has 3 aromatic rings. The molecule has 0 aliphatic rings. The van der Waals surface area contributed by atoms with Gasteiger partial charge in [0.2, 0.25) is 11.3 Å². The van der Waals surface area contributed by atoms with Gasteiger partial charge in [0.15, 0.2) is 0 Å². The third-order valence-corrected chi connectivity index (χ3v) is 4.02. The van der Waals surface area contributed by atoms with Gasteiger partial charge < -0.3 is 5.32 Å². The van der Waals surface area contributed by atoms with Crippen LogP contribution < -0.4 is 10.7 Å². The van der Waals surface area contributed by atoms with Crippen LogP contribution in [0.1, 0.15) is 12.0 Å². The first-order valence-corrected chi connectivity index (χ1v) is 7.93. The highest BCUT2D eigenvalue weighted by Gasteiger charge is 2.08. The van der Waals surface area contributed by atoms with Crippen LogP contribution in [0.3, 0.4) is 0 Å². The molecule has 0 unspecified atom stereocenters. The second kappa shape index (κ2) is 6.84. The second-order valence-corrected chi connectivity index (χ2v) is 5.94. The van der Waals surface area contributed by atoms with Crippen molar-refractivity contribution in [3.8, 4) is 0 Å². The molecule has 1 amide bonds. The Morgan fingerprint density at radius 2 is 2.04 bits per heavy atom. The monoisotopic (exact) mass is 341 g/mol. The minimum absolute atomic E-state index is 0.124. The number of carbonyl (C=O) groups is 1. The molecule has 2 aromatic carbocycles. The van der Waals surface area contributed by atoms with Crippen molar-refractivity contribution >= 4 is 34.1 Å². The van der Waals surface area contributed by atoms with Gasteiger partial charge in [-0.25, -0.2) is 0 Å². The maximum absolute atomic E-state index is 12.2. The Bertz CT molecular complexity index is 966. The number of nitrogens with one attached hydrogen (secondary N) is 1. The van der Waals surface area contributed by atoms with E-state index in [4.69, 9.17) is 11.6 Å². The Kier molecular flexibility index (Phi) is 4.62. The number of amides is 1. The van der Waals surface area contributed by atoms with Crippen LogP contribution in [-0.2, 0) is 11.3 Å². The fourth-order valence-electron chi connectivity index (χ4n) is 2.49. The summed E-state index contributed by atoms with van der Waals surface area (Å²) in [5.41, 5.74) is 2.24. The van der Waals surface area contributed by atoms with Crippen molar-refractivity contribution < 1.29 is 4.79 Å². The highest BCUT2D eigenvalue weighted by molar-refractivity contribution is 6.31. The lowest BCUT2D eigenvalue weighted by molar-refractivity contribution is -0.116. The number of hydrogen-bond donors (Lipinski definition) is 1. The number of fused-ring (bicyclic) bond motifs is 1. The van der Waals surface area contributed by atoms with Crippen LogP contribution in [0.2, 0.25) is 5.02 Å². The second-order valence-electron chi connectivity index (χ2n) is 5.51. The van der Waals surface area contributed by atoms with Gasteiger partial charge in [-0.05, 0) is 36.8 Å². The summed E-state index contributed by atoms with van der Waals surface area (Å²) in [4.78, 5) is 24.0. The minimum atomic E-state index is -0.134. The van der Waals surface area contributed by atoms with Gasteiger partial charge in [0, 0.05) is 22.5 Å². The molecule has 24 heavy (non-hydrogen) atoms. The first-order chi connectivity index (χ1) is 11.5. The van der Waals surface area contributed by atoms with Crippen molar-refractivity contribution in [3.05, 3.63) is 69.5 Å². The molecule has 0 aliphatic carbocycles. The van der Waals surface area contributed by atoms with E-state index in [0.29, 0.717) is 22.6 Å². The Hall–Kier alpha value is -2.66. The zero-order valence-corrected chi connectivity index (χ0v) is 13.9. The number of anilines is 1. The number of carbonyl (C=O) groups excluding carboxylic acids is 1. The number of hydrogen-bond acceptors (Lipinski definition) is 3. The van der Waals surface area contributed by atoms with E-state index in [1.807, 2.05) is 31.2 Å². The van der Waals surface area contributed by atoms with Crippen LogP contribution in [0.15, 0.2) is 53.5 Å². The molecule has 5 nitrogen and oxygen atoms in total. The van der Waals surface area contributed by atoms with Crippen molar-refractivity contribution in [2.45, 2.75) is 19.9 Å².